The van der Waals surface area contributed by atoms with Crippen LogP contribution in [0.25, 0.3) is 0 Å². The summed E-state index contributed by atoms with van der Waals surface area (Å²) in [6.45, 7) is 8.64. The van der Waals surface area contributed by atoms with Gasteiger partial charge >= 0.3 is 0 Å². The molecule has 2 aromatic rings. The Morgan fingerprint density at radius 1 is 0.893 bits per heavy atom. The predicted molar refractivity (Wildman–Crippen MR) is 116 cm³/mol. The summed E-state index contributed by atoms with van der Waals surface area (Å²) in [6.07, 6.45) is 0.467. The monoisotopic (exact) mass is 400 g/mol. The normalized spacial score (nSPS) is 11.0. The molecule has 5 nitrogen and oxygen atoms in total. The maximum Gasteiger partial charge on any atom is 0.234 e. The topological polar surface area (TPSA) is 67.4 Å². The highest BCUT2D eigenvalue weighted by molar-refractivity contribution is 8.00. The minimum absolute atomic E-state index is 0.00244. The number of amides is 2. The van der Waals surface area contributed by atoms with E-state index in [0.717, 1.165) is 22.0 Å². The minimum Gasteiger partial charge on any atom is -0.494 e. The number of benzene rings is 2. The average molecular weight is 401 g/mol. The van der Waals surface area contributed by atoms with Crippen molar-refractivity contribution in [1.82, 2.24) is 0 Å². The van der Waals surface area contributed by atoms with E-state index in [1.807, 2.05) is 76.2 Å². The fourth-order valence-corrected chi connectivity index (χ4v) is 3.17. The molecule has 2 amide bonds. The highest BCUT2D eigenvalue weighted by atomic mass is 32.2. The van der Waals surface area contributed by atoms with Crippen molar-refractivity contribution in [3.63, 3.8) is 0 Å². The summed E-state index contributed by atoms with van der Waals surface area (Å²) < 4.78 is 5.39. The molecule has 0 aliphatic carbocycles. The van der Waals surface area contributed by atoms with Gasteiger partial charge in [-0.05, 0) is 60.9 Å². The van der Waals surface area contributed by atoms with Crippen LogP contribution in [0.3, 0.4) is 0 Å². The molecule has 2 rings (SSSR count). The second-order valence-electron chi connectivity index (χ2n) is 7.60. The van der Waals surface area contributed by atoms with Crippen molar-refractivity contribution in [2.45, 2.75) is 39.0 Å². The van der Waals surface area contributed by atoms with Crippen LogP contribution < -0.4 is 15.4 Å². The lowest BCUT2D eigenvalue weighted by atomic mass is 9.92. The lowest BCUT2D eigenvalue weighted by Crippen LogP contribution is -2.19. The molecule has 0 aliphatic heterocycles. The number of carbonyl (C=O) groups is 2. The van der Waals surface area contributed by atoms with Gasteiger partial charge in [0.05, 0.1) is 12.4 Å². The Labute approximate surface area is 171 Å². The summed E-state index contributed by atoms with van der Waals surface area (Å²) in [7, 11) is 0. The highest BCUT2D eigenvalue weighted by Crippen LogP contribution is 2.23. The number of nitrogens with one attached hydrogen (secondary N) is 2. The Morgan fingerprint density at radius 3 is 1.96 bits per heavy atom. The molecular weight excluding hydrogens is 372 g/mol. The zero-order chi connectivity index (χ0) is 20.6. The standard InChI is InChI=1S/C22H28N2O3S/c1-5-27-18-10-6-16(7-11-18)24-21(26)15-28-19-12-8-17(9-13-19)23-20(25)14-22(2,3)4/h6-13H,5,14-15H2,1-4H3,(H,23,25)(H,24,26). The van der Waals surface area contributed by atoms with Gasteiger partial charge in [-0.25, -0.2) is 0 Å². The van der Waals surface area contributed by atoms with E-state index >= 15 is 0 Å². The van der Waals surface area contributed by atoms with E-state index < -0.39 is 0 Å². The molecule has 2 N–H and O–H groups in total. The minimum atomic E-state index is -0.0725. The maximum absolute atomic E-state index is 12.1. The summed E-state index contributed by atoms with van der Waals surface area (Å²) in [5, 5.41) is 5.77. The van der Waals surface area contributed by atoms with Crippen LogP contribution in [-0.4, -0.2) is 24.2 Å². The van der Waals surface area contributed by atoms with Gasteiger partial charge in [0.1, 0.15) is 5.75 Å². The van der Waals surface area contributed by atoms with Crippen LogP contribution in [0, 0.1) is 5.41 Å². The second-order valence-corrected chi connectivity index (χ2v) is 8.65. The summed E-state index contributed by atoms with van der Waals surface area (Å²) in [4.78, 5) is 25.1. The van der Waals surface area contributed by atoms with E-state index in [1.165, 1.54) is 11.8 Å². The number of rotatable bonds is 8. The first kappa shape index (κ1) is 21.8. The fraction of sp³-hybridized carbons (Fsp3) is 0.364. The van der Waals surface area contributed by atoms with Gasteiger partial charge in [-0.3, -0.25) is 9.59 Å². The Balaban J connectivity index is 1.79. The van der Waals surface area contributed by atoms with E-state index in [0.29, 0.717) is 18.8 Å². The van der Waals surface area contributed by atoms with Crippen LogP contribution in [0.1, 0.15) is 34.1 Å². The molecule has 0 radical (unpaired) electrons. The number of ether oxygens (including phenoxy) is 1. The highest BCUT2D eigenvalue weighted by Gasteiger charge is 2.15. The fourth-order valence-electron chi connectivity index (χ4n) is 2.47. The Kier molecular flexibility index (Phi) is 7.93. The molecule has 0 aliphatic rings. The number of hydrogen-bond donors (Lipinski definition) is 2. The Bertz CT molecular complexity index is 781. The summed E-state index contributed by atoms with van der Waals surface area (Å²) in [6, 6.07) is 14.8. The van der Waals surface area contributed by atoms with E-state index in [9.17, 15) is 9.59 Å². The van der Waals surface area contributed by atoms with E-state index in [2.05, 4.69) is 10.6 Å². The van der Waals surface area contributed by atoms with E-state index in [1.54, 1.807) is 0 Å². The number of carbonyl (C=O) groups excluding carboxylic acids is 2. The number of thioether (sulfide) groups is 1. The maximum atomic E-state index is 12.1. The molecule has 0 fully saturated rings. The third-order valence-corrected chi connectivity index (χ3v) is 4.66. The smallest absolute Gasteiger partial charge is 0.234 e. The van der Waals surface area contributed by atoms with Crippen LogP contribution in [0.15, 0.2) is 53.4 Å². The zero-order valence-electron chi connectivity index (χ0n) is 16.9. The SMILES string of the molecule is CCOc1ccc(NC(=O)CSc2ccc(NC(=O)CC(C)(C)C)cc2)cc1. The van der Waals surface area contributed by atoms with Crippen molar-refractivity contribution in [3.05, 3.63) is 48.5 Å². The molecule has 0 unspecified atom stereocenters. The molecule has 0 aromatic heterocycles. The van der Waals surface area contributed by atoms with Gasteiger partial charge < -0.3 is 15.4 Å². The predicted octanol–water partition coefficient (Wildman–Crippen LogP) is 5.19. The van der Waals surface area contributed by atoms with Crippen molar-refractivity contribution in [1.29, 1.82) is 0 Å². The summed E-state index contributed by atoms with van der Waals surface area (Å²) >= 11 is 1.45. The summed E-state index contributed by atoms with van der Waals surface area (Å²) in [5.74, 6) is 1.02. The molecule has 0 saturated carbocycles. The second kappa shape index (κ2) is 10.2. The third-order valence-electron chi connectivity index (χ3n) is 3.65. The zero-order valence-corrected chi connectivity index (χ0v) is 17.7. The van der Waals surface area contributed by atoms with Gasteiger partial charge in [0.15, 0.2) is 0 Å². The molecule has 0 saturated heterocycles. The Morgan fingerprint density at radius 2 is 1.43 bits per heavy atom. The van der Waals surface area contributed by atoms with Crippen molar-refractivity contribution in [2.24, 2.45) is 5.41 Å². The van der Waals surface area contributed by atoms with Gasteiger partial charge in [0.25, 0.3) is 0 Å². The molecule has 6 heteroatoms. The molecular formula is C22H28N2O3S. The Hall–Kier alpha value is -2.47. The molecule has 2 aromatic carbocycles. The van der Waals surface area contributed by atoms with Crippen molar-refractivity contribution >= 4 is 35.0 Å². The first-order valence-corrected chi connectivity index (χ1v) is 10.3. The average Bonchev–Trinajstić information content (AvgIpc) is 2.61. The van der Waals surface area contributed by atoms with Crippen LogP contribution in [-0.2, 0) is 9.59 Å². The van der Waals surface area contributed by atoms with Gasteiger partial charge in [0.2, 0.25) is 11.8 Å². The lowest BCUT2D eigenvalue weighted by Gasteiger charge is -2.17. The van der Waals surface area contributed by atoms with Crippen molar-refractivity contribution in [3.8, 4) is 5.75 Å². The quantitative estimate of drug-likeness (QED) is 0.598. The number of hydrogen-bond acceptors (Lipinski definition) is 4. The van der Waals surface area contributed by atoms with Gasteiger partial charge in [-0.1, -0.05) is 20.8 Å². The molecule has 0 spiro atoms. The lowest BCUT2D eigenvalue weighted by molar-refractivity contribution is -0.118. The van der Waals surface area contributed by atoms with Crippen LogP contribution in [0.4, 0.5) is 11.4 Å². The first-order valence-electron chi connectivity index (χ1n) is 9.30. The van der Waals surface area contributed by atoms with Gasteiger partial charge in [-0.15, -0.1) is 11.8 Å². The van der Waals surface area contributed by atoms with Crippen LogP contribution in [0.2, 0.25) is 0 Å². The molecule has 0 atom stereocenters. The third kappa shape index (κ3) is 8.05. The molecule has 0 bridgehead atoms. The van der Waals surface area contributed by atoms with Crippen molar-refractivity contribution < 1.29 is 14.3 Å². The number of anilines is 2. The summed E-state index contributed by atoms with van der Waals surface area (Å²) in [5.41, 5.74) is 1.46. The molecule has 150 valence electrons. The largest absolute Gasteiger partial charge is 0.494 e. The molecule has 0 heterocycles. The van der Waals surface area contributed by atoms with Gasteiger partial charge in [-0.2, -0.15) is 0 Å². The van der Waals surface area contributed by atoms with Crippen molar-refractivity contribution in [2.75, 3.05) is 23.0 Å². The van der Waals surface area contributed by atoms with Crippen LogP contribution in [0.5, 0.6) is 5.75 Å². The first-order chi connectivity index (χ1) is 13.2. The van der Waals surface area contributed by atoms with Gasteiger partial charge in [0, 0.05) is 22.7 Å². The van der Waals surface area contributed by atoms with E-state index in [-0.39, 0.29) is 17.2 Å². The van der Waals surface area contributed by atoms with Crippen LogP contribution >= 0.6 is 11.8 Å². The van der Waals surface area contributed by atoms with E-state index in [4.69, 9.17) is 4.74 Å². The molecule has 28 heavy (non-hydrogen) atoms.